The molecule has 2 aliphatic rings. The van der Waals surface area contributed by atoms with Gasteiger partial charge in [0.1, 0.15) is 6.04 Å². The number of hydrogen-bond acceptors (Lipinski definition) is 4. The molecule has 2 saturated heterocycles. The minimum absolute atomic E-state index is 0.141. The first-order valence-electron chi connectivity index (χ1n) is 7.48. The lowest BCUT2D eigenvalue weighted by Crippen LogP contribution is -2.54. The molecule has 6 heteroatoms. The van der Waals surface area contributed by atoms with E-state index in [2.05, 4.69) is 4.90 Å². The number of hydrogen-bond donors (Lipinski definition) is 1. The lowest BCUT2D eigenvalue weighted by atomic mass is 9.95. The van der Waals surface area contributed by atoms with Crippen LogP contribution in [0.3, 0.4) is 0 Å². The molecule has 0 radical (unpaired) electrons. The summed E-state index contributed by atoms with van der Waals surface area (Å²) >= 11 is 1.37. The molecular weight excluding hydrogens is 288 g/mol. The maximum atomic E-state index is 12.5. The van der Waals surface area contributed by atoms with Crippen molar-refractivity contribution in [1.82, 2.24) is 9.80 Å². The van der Waals surface area contributed by atoms with E-state index in [-0.39, 0.29) is 5.91 Å². The third kappa shape index (κ3) is 2.96. The molecule has 114 valence electrons. The largest absolute Gasteiger partial charge is 0.480 e. The SMILES string of the molecule is O=C(O)[C@@H]1C[C@@H](N2CCCC2)CCN1C(=O)c1cccs1. The van der Waals surface area contributed by atoms with Crippen LogP contribution in [-0.2, 0) is 4.79 Å². The molecular formula is C15H20N2O3S. The van der Waals surface area contributed by atoms with Crippen LogP contribution >= 0.6 is 11.3 Å². The van der Waals surface area contributed by atoms with E-state index in [1.165, 1.54) is 24.2 Å². The van der Waals surface area contributed by atoms with E-state index < -0.39 is 12.0 Å². The molecule has 0 spiro atoms. The Balaban J connectivity index is 1.73. The molecule has 0 bridgehead atoms. The Morgan fingerprint density at radius 2 is 2.00 bits per heavy atom. The molecule has 1 aromatic heterocycles. The third-order valence-corrected chi connectivity index (χ3v) is 5.37. The molecule has 0 aromatic carbocycles. The summed E-state index contributed by atoms with van der Waals surface area (Å²) in [5.41, 5.74) is 0. The van der Waals surface area contributed by atoms with Crippen molar-refractivity contribution in [3.63, 3.8) is 0 Å². The van der Waals surface area contributed by atoms with Crippen LogP contribution in [0.4, 0.5) is 0 Å². The summed E-state index contributed by atoms with van der Waals surface area (Å²) < 4.78 is 0. The molecule has 5 nitrogen and oxygen atoms in total. The third-order valence-electron chi connectivity index (χ3n) is 4.51. The highest BCUT2D eigenvalue weighted by Crippen LogP contribution is 2.27. The summed E-state index contributed by atoms with van der Waals surface area (Å²) in [6, 6.07) is 3.20. The highest BCUT2D eigenvalue weighted by molar-refractivity contribution is 7.12. The second kappa shape index (κ2) is 6.15. The Bertz CT molecular complexity index is 511. The first-order chi connectivity index (χ1) is 10.2. The highest BCUT2D eigenvalue weighted by atomic mass is 32.1. The van der Waals surface area contributed by atoms with E-state index in [0.29, 0.717) is 23.9 Å². The van der Waals surface area contributed by atoms with Crippen LogP contribution < -0.4 is 0 Å². The van der Waals surface area contributed by atoms with Crippen LogP contribution in [0.2, 0.25) is 0 Å². The molecule has 0 unspecified atom stereocenters. The Hall–Kier alpha value is -1.40. The summed E-state index contributed by atoms with van der Waals surface area (Å²) in [5.74, 6) is -1.03. The van der Waals surface area contributed by atoms with Crippen molar-refractivity contribution < 1.29 is 14.7 Å². The molecule has 21 heavy (non-hydrogen) atoms. The Morgan fingerprint density at radius 3 is 2.62 bits per heavy atom. The standard InChI is InChI=1S/C15H20N2O3S/c18-14(13-4-3-9-21-13)17-8-5-11(10-12(17)15(19)20)16-6-1-2-7-16/h3-4,9,11-12H,1-2,5-8,10H2,(H,19,20)/t11-,12-/m0/s1. The van der Waals surface area contributed by atoms with Gasteiger partial charge >= 0.3 is 5.97 Å². The maximum Gasteiger partial charge on any atom is 0.326 e. The molecule has 3 rings (SSSR count). The fraction of sp³-hybridized carbons (Fsp3) is 0.600. The molecule has 1 N–H and O–H groups in total. The molecule has 1 aromatic rings. The maximum absolute atomic E-state index is 12.5. The van der Waals surface area contributed by atoms with Crippen molar-refractivity contribution in [2.24, 2.45) is 0 Å². The fourth-order valence-corrected chi connectivity index (χ4v) is 4.08. The van der Waals surface area contributed by atoms with Gasteiger partial charge in [0.25, 0.3) is 5.91 Å². The average molecular weight is 308 g/mol. The monoisotopic (exact) mass is 308 g/mol. The van der Waals surface area contributed by atoms with E-state index in [0.717, 1.165) is 19.5 Å². The van der Waals surface area contributed by atoms with Gasteiger partial charge in [-0.25, -0.2) is 4.79 Å². The Morgan fingerprint density at radius 1 is 1.24 bits per heavy atom. The number of thiophene rings is 1. The normalized spacial score (nSPS) is 27.0. The molecule has 2 aliphatic heterocycles. The van der Waals surface area contributed by atoms with Crippen molar-refractivity contribution in [2.45, 2.75) is 37.8 Å². The predicted octanol–water partition coefficient (Wildman–Crippen LogP) is 1.90. The highest BCUT2D eigenvalue weighted by Gasteiger charge is 2.39. The van der Waals surface area contributed by atoms with E-state index in [1.807, 2.05) is 11.4 Å². The van der Waals surface area contributed by atoms with Crippen molar-refractivity contribution in [1.29, 1.82) is 0 Å². The molecule has 1 amide bonds. The van der Waals surface area contributed by atoms with Crippen LogP contribution in [0, 0.1) is 0 Å². The lowest BCUT2D eigenvalue weighted by Gasteiger charge is -2.40. The summed E-state index contributed by atoms with van der Waals surface area (Å²) in [5, 5.41) is 11.4. The van der Waals surface area contributed by atoms with Crippen LogP contribution in [0.25, 0.3) is 0 Å². The van der Waals surface area contributed by atoms with Gasteiger partial charge in [-0.3, -0.25) is 4.79 Å². The van der Waals surface area contributed by atoms with Gasteiger partial charge in [0.2, 0.25) is 0 Å². The van der Waals surface area contributed by atoms with Gasteiger partial charge in [0.05, 0.1) is 4.88 Å². The molecule has 3 heterocycles. The fourth-order valence-electron chi connectivity index (χ4n) is 3.40. The summed E-state index contributed by atoms with van der Waals surface area (Å²) in [6.07, 6.45) is 3.82. The zero-order valence-corrected chi connectivity index (χ0v) is 12.7. The second-order valence-corrected chi connectivity index (χ2v) is 6.70. The van der Waals surface area contributed by atoms with Gasteiger partial charge in [-0.05, 0) is 50.2 Å². The summed E-state index contributed by atoms with van der Waals surface area (Å²) in [4.78, 5) is 28.6. The van der Waals surface area contributed by atoms with Gasteiger partial charge in [0.15, 0.2) is 0 Å². The predicted molar refractivity (Wildman–Crippen MR) is 80.6 cm³/mol. The molecule has 2 fully saturated rings. The van der Waals surface area contributed by atoms with E-state index in [1.54, 1.807) is 11.0 Å². The summed E-state index contributed by atoms with van der Waals surface area (Å²) in [7, 11) is 0. The van der Waals surface area contributed by atoms with E-state index >= 15 is 0 Å². The van der Waals surface area contributed by atoms with Gasteiger partial charge in [-0.15, -0.1) is 11.3 Å². The minimum atomic E-state index is -0.885. The number of nitrogens with zero attached hydrogens (tertiary/aromatic N) is 2. The van der Waals surface area contributed by atoms with Gasteiger partial charge in [0, 0.05) is 12.6 Å². The van der Waals surface area contributed by atoms with E-state index in [9.17, 15) is 14.7 Å². The van der Waals surface area contributed by atoms with Crippen LogP contribution in [-0.4, -0.2) is 58.5 Å². The smallest absolute Gasteiger partial charge is 0.326 e. The quantitative estimate of drug-likeness (QED) is 0.926. The Labute approximate surface area is 128 Å². The number of likely N-dealkylation sites (tertiary alicyclic amines) is 2. The van der Waals surface area contributed by atoms with E-state index in [4.69, 9.17) is 0 Å². The van der Waals surface area contributed by atoms with Crippen LogP contribution in [0.1, 0.15) is 35.4 Å². The van der Waals surface area contributed by atoms with Crippen molar-refractivity contribution >= 4 is 23.2 Å². The number of amides is 1. The van der Waals surface area contributed by atoms with Crippen molar-refractivity contribution in [3.05, 3.63) is 22.4 Å². The first kappa shape index (κ1) is 14.5. The van der Waals surface area contributed by atoms with Gasteiger partial charge in [-0.2, -0.15) is 0 Å². The molecule has 0 saturated carbocycles. The topological polar surface area (TPSA) is 60.9 Å². The number of aliphatic carboxylic acids is 1. The number of carboxylic acids is 1. The molecule has 0 aliphatic carbocycles. The number of carbonyl (C=O) groups is 2. The second-order valence-electron chi connectivity index (χ2n) is 5.75. The number of rotatable bonds is 3. The zero-order chi connectivity index (χ0) is 14.8. The lowest BCUT2D eigenvalue weighted by molar-refractivity contribution is -0.144. The minimum Gasteiger partial charge on any atom is -0.480 e. The number of piperidine rings is 1. The van der Waals surface area contributed by atoms with Crippen molar-refractivity contribution in [2.75, 3.05) is 19.6 Å². The van der Waals surface area contributed by atoms with Crippen LogP contribution in [0.15, 0.2) is 17.5 Å². The zero-order valence-electron chi connectivity index (χ0n) is 11.9. The number of carbonyl (C=O) groups excluding carboxylic acids is 1. The van der Waals surface area contributed by atoms with Crippen molar-refractivity contribution in [3.8, 4) is 0 Å². The Kier molecular flexibility index (Phi) is 4.26. The average Bonchev–Trinajstić information content (AvgIpc) is 3.18. The van der Waals surface area contributed by atoms with Gasteiger partial charge < -0.3 is 14.9 Å². The van der Waals surface area contributed by atoms with Gasteiger partial charge in [-0.1, -0.05) is 6.07 Å². The summed E-state index contributed by atoms with van der Waals surface area (Å²) in [6.45, 7) is 2.67. The van der Waals surface area contributed by atoms with Crippen LogP contribution in [0.5, 0.6) is 0 Å². The first-order valence-corrected chi connectivity index (χ1v) is 8.36. The molecule has 2 atom stereocenters. The number of carboxylic acid groups (broad SMARTS) is 1.